The van der Waals surface area contributed by atoms with E-state index >= 15 is 0 Å². The number of carbonyl (C=O) groups excluding carboxylic acids is 1. The molecule has 5 nitrogen and oxygen atoms in total. The van der Waals surface area contributed by atoms with Gasteiger partial charge in [-0.15, -0.1) is 11.3 Å². The molecule has 0 aliphatic rings. The van der Waals surface area contributed by atoms with E-state index in [9.17, 15) is 14.7 Å². The maximum absolute atomic E-state index is 12.2. The predicted octanol–water partition coefficient (Wildman–Crippen LogP) is 1.97. The molecule has 0 bridgehead atoms. The molecule has 0 spiro atoms. The van der Waals surface area contributed by atoms with E-state index in [0.29, 0.717) is 4.88 Å². The lowest BCUT2D eigenvalue weighted by atomic mass is 10.0. The summed E-state index contributed by atoms with van der Waals surface area (Å²) < 4.78 is 0. The molecular weight excluding hydrogens is 252 g/mol. The molecule has 0 radical (unpaired) electrons. The third kappa shape index (κ3) is 2.87. The SMILES string of the molecule is CC(C)(C(=O)O)N(CCC#N)C(=O)c1cccs1. The van der Waals surface area contributed by atoms with E-state index in [0.717, 1.165) is 0 Å². The van der Waals surface area contributed by atoms with E-state index in [2.05, 4.69) is 0 Å². The number of carboxylic acids is 1. The molecule has 96 valence electrons. The van der Waals surface area contributed by atoms with Gasteiger partial charge in [0.1, 0.15) is 5.54 Å². The second-order valence-electron chi connectivity index (χ2n) is 4.21. The summed E-state index contributed by atoms with van der Waals surface area (Å²) in [6.07, 6.45) is 0.105. The summed E-state index contributed by atoms with van der Waals surface area (Å²) >= 11 is 1.25. The molecule has 0 atom stereocenters. The normalized spacial score (nSPS) is 10.7. The fraction of sp³-hybridized carbons (Fsp3) is 0.417. The number of nitriles is 1. The summed E-state index contributed by atoms with van der Waals surface area (Å²) in [6, 6.07) is 5.30. The quantitative estimate of drug-likeness (QED) is 0.883. The van der Waals surface area contributed by atoms with Crippen LogP contribution in [0.25, 0.3) is 0 Å². The number of carbonyl (C=O) groups is 2. The zero-order valence-corrected chi connectivity index (χ0v) is 11.0. The summed E-state index contributed by atoms with van der Waals surface area (Å²) in [5.41, 5.74) is -1.34. The Morgan fingerprint density at radius 1 is 1.56 bits per heavy atom. The minimum atomic E-state index is -1.34. The van der Waals surface area contributed by atoms with Gasteiger partial charge in [0, 0.05) is 6.54 Å². The molecule has 0 unspecified atom stereocenters. The lowest BCUT2D eigenvalue weighted by Crippen LogP contribution is -2.53. The van der Waals surface area contributed by atoms with Crippen LogP contribution >= 0.6 is 11.3 Å². The van der Waals surface area contributed by atoms with Gasteiger partial charge in [0.25, 0.3) is 5.91 Å². The lowest BCUT2D eigenvalue weighted by Gasteiger charge is -2.34. The molecule has 0 saturated carbocycles. The van der Waals surface area contributed by atoms with Gasteiger partial charge in [-0.25, -0.2) is 4.79 Å². The first kappa shape index (κ1) is 14.2. The fourth-order valence-corrected chi connectivity index (χ4v) is 2.12. The van der Waals surface area contributed by atoms with Crippen LogP contribution in [0.3, 0.4) is 0 Å². The summed E-state index contributed by atoms with van der Waals surface area (Å²) in [6.45, 7) is 3.02. The van der Waals surface area contributed by atoms with E-state index in [-0.39, 0.29) is 18.9 Å². The van der Waals surface area contributed by atoms with E-state index in [4.69, 9.17) is 5.26 Å². The van der Waals surface area contributed by atoms with Crippen molar-refractivity contribution in [3.63, 3.8) is 0 Å². The molecule has 1 heterocycles. The average Bonchev–Trinajstić information content (AvgIpc) is 2.82. The van der Waals surface area contributed by atoms with Gasteiger partial charge in [-0.1, -0.05) is 6.07 Å². The number of rotatable bonds is 5. The molecule has 1 aromatic heterocycles. The molecule has 0 aliphatic carbocycles. The maximum Gasteiger partial charge on any atom is 0.329 e. The zero-order chi connectivity index (χ0) is 13.8. The van der Waals surface area contributed by atoms with Crippen LogP contribution < -0.4 is 0 Å². The predicted molar refractivity (Wildman–Crippen MR) is 67.3 cm³/mol. The van der Waals surface area contributed by atoms with Gasteiger partial charge in [-0.2, -0.15) is 5.26 Å². The summed E-state index contributed by atoms with van der Waals surface area (Å²) in [4.78, 5) is 25.2. The third-order valence-electron chi connectivity index (χ3n) is 2.62. The standard InChI is InChI=1S/C12H14N2O3S/c1-12(2,11(16)17)14(7-4-6-13)10(15)9-5-3-8-18-9/h3,5,8H,4,7H2,1-2H3,(H,16,17). The number of thiophene rings is 1. The van der Waals surface area contributed by atoms with Crippen molar-refractivity contribution in [2.75, 3.05) is 6.54 Å². The number of nitrogens with zero attached hydrogens (tertiary/aromatic N) is 2. The summed E-state index contributed by atoms with van der Waals surface area (Å²) in [5.74, 6) is -1.45. The largest absolute Gasteiger partial charge is 0.480 e. The zero-order valence-electron chi connectivity index (χ0n) is 10.2. The van der Waals surface area contributed by atoms with Crippen molar-refractivity contribution in [2.24, 2.45) is 0 Å². The monoisotopic (exact) mass is 266 g/mol. The minimum Gasteiger partial charge on any atom is -0.480 e. The first-order valence-corrected chi connectivity index (χ1v) is 6.25. The average molecular weight is 266 g/mol. The minimum absolute atomic E-state index is 0.104. The number of hydrogen-bond donors (Lipinski definition) is 1. The van der Waals surface area contributed by atoms with E-state index in [1.54, 1.807) is 17.5 Å². The highest BCUT2D eigenvalue weighted by Gasteiger charge is 2.38. The lowest BCUT2D eigenvalue weighted by molar-refractivity contribution is -0.147. The topological polar surface area (TPSA) is 81.4 Å². The Kier molecular flexibility index (Phi) is 4.45. The molecule has 0 aliphatic heterocycles. The Morgan fingerprint density at radius 2 is 2.22 bits per heavy atom. The van der Waals surface area contributed by atoms with Gasteiger partial charge in [0.2, 0.25) is 0 Å². The van der Waals surface area contributed by atoms with Crippen LogP contribution in [0.2, 0.25) is 0 Å². The van der Waals surface area contributed by atoms with Crippen LogP contribution in [0.5, 0.6) is 0 Å². The van der Waals surface area contributed by atoms with Crippen LogP contribution in [-0.2, 0) is 4.79 Å². The van der Waals surface area contributed by atoms with Gasteiger partial charge >= 0.3 is 5.97 Å². The molecule has 0 saturated heterocycles. The van der Waals surface area contributed by atoms with E-state index in [1.807, 2.05) is 6.07 Å². The van der Waals surface area contributed by atoms with Gasteiger partial charge in [0.05, 0.1) is 17.4 Å². The fourth-order valence-electron chi connectivity index (χ4n) is 1.45. The van der Waals surface area contributed by atoms with Gasteiger partial charge in [0.15, 0.2) is 0 Å². The number of aliphatic carboxylic acids is 1. The Hall–Kier alpha value is -1.87. The molecule has 1 amide bonds. The van der Waals surface area contributed by atoms with Crippen molar-refractivity contribution in [3.8, 4) is 6.07 Å². The van der Waals surface area contributed by atoms with Crippen LogP contribution in [0, 0.1) is 11.3 Å². The Morgan fingerprint density at radius 3 is 2.67 bits per heavy atom. The molecule has 0 aromatic carbocycles. The highest BCUT2D eigenvalue weighted by Crippen LogP contribution is 2.21. The number of amides is 1. The van der Waals surface area contributed by atoms with Crippen LogP contribution in [0.15, 0.2) is 17.5 Å². The van der Waals surface area contributed by atoms with Crippen molar-refractivity contribution >= 4 is 23.2 Å². The van der Waals surface area contributed by atoms with Crippen LogP contribution in [-0.4, -0.2) is 34.0 Å². The number of hydrogen-bond acceptors (Lipinski definition) is 4. The molecular formula is C12H14N2O3S. The molecule has 6 heteroatoms. The van der Waals surface area contributed by atoms with E-state index in [1.165, 1.54) is 30.1 Å². The first-order chi connectivity index (χ1) is 8.41. The van der Waals surface area contributed by atoms with Crippen molar-refractivity contribution in [3.05, 3.63) is 22.4 Å². The summed E-state index contributed by atoms with van der Waals surface area (Å²) in [7, 11) is 0. The second kappa shape index (κ2) is 5.65. The van der Waals surface area contributed by atoms with Crippen molar-refractivity contribution < 1.29 is 14.7 Å². The molecule has 1 N–H and O–H groups in total. The Labute approximate surface area is 109 Å². The van der Waals surface area contributed by atoms with Gasteiger partial charge in [-0.3, -0.25) is 4.79 Å². The van der Waals surface area contributed by atoms with Gasteiger partial charge in [-0.05, 0) is 25.3 Å². The second-order valence-corrected chi connectivity index (χ2v) is 5.15. The van der Waals surface area contributed by atoms with Gasteiger partial charge < -0.3 is 10.0 Å². The Bertz CT molecular complexity index is 474. The van der Waals surface area contributed by atoms with Crippen molar-refractivity contribution in [1.29, 1.82) is 5.26 Å². The molecule has 0 fully saturated rings. The van der Waals surface area contributed by atoms with Crippen molar-refractivity contribution in [2.45, 2.75) is 25.8 Å². The highest BCUT2D eigenvalue weighted by molar-refractivity contribution is 7.12. The maximum atomic E-state index is 12.2. The smallest absolute Gasteiger partial charge is 0.329 e. The molecule has 18 heavy (non-hydrogen) atoms. The summed E-state index contributed by atoms with van der Waals surface area (Å²) in [5, 5.41) is 19.5. The first-order valence-electron chi connectivity index (χ1n) is 5.37. The highest BCUT2D eigenvalue weighted by atomic mass is 32.1. The third-order valence-corrected chi connectivity index (χ3v) is 3.48. The molecule has 1 rings (SSSR count). The van der Waals surface area contributed by atoms with E-state index < -0.39 is 11.5 Å². The van der Waals surface area contributed by atoms with Crippen LogP contribution in [0.4, 0.5) is 0 Å². The Balaban J connectivity index is 3.03. The van der Waals surface area contributed by atoms with Crippen molar-refractivity contribution in [1.82, 2.24) is 4.90 Å². The molecule has 1 aromatic rings. The number of carboxylic acid groups (broad SMARTS) is 1. The van der Waals surface area contributed by atoms with Crippen LogP contribution in [0.1, 0.15) is 29.9 Å².